The first-order valence-corrected chi connectivity index (χ1v) is 12.1. The van der Waals surface area contributed by atoms with Crippen molar-refractivity contribution in [3.63, 3.8) is 0 Å². The minimum absolute atomic E-state index is 0. The van der Waals surface area contributed by atoms with Crippen LogP contribution in [0.2, 0.25) is 0 Å². The molecule has 0 aliphatic heterocycles. The van der Waals surface area contributed by atoms with E-state index in [0.29, 0.717) is 12.8 Å². The first-order chi connectivity index (χ1) is 13.3. The summed E-state index contributed by atoms with van der Waals surface area (Å²) in [6, 6.07) is 0. The van der Waals surface area contributed by atoms with Crippen molar-refractivity contribution >= 4 is 70.9 Å². The van der Waals surface area contributed by atoms with Crippen molar-refractivity contribution in [1.82, 2.24) is 0 Å². The van der Waals surface area contributed by atoms with Crippen LogP contribution in [0.5, 0.6) is 0 Å². The fraction of sp³-hybridized carbons (Fsp3) is 0.900. The van der Waals surface area contributed by atoms with E-state index in [4.69, 9.17) is 9.47 Å². The van der Waals surface area contributed by atoms with E-state index >= 15 is 0 Å². The molecular weight excluding hydrogens is 522 g/mol. The van der Waals surface area contributed by atoms with Crippen LogP contribution in [0.1, 0.15) is 97.3 Å². The van der Waals surface area contributed by atoms with Gasteiger partial charge in [-0.05, 0) is 12.8 Å². The summed E-state index contributed by atoms with van der Waals surface area (Å²) in [5.41, 5.74) is 0. The fourth-order valence-electron chi connectivity index (χ4n) is 2.74. The second-order valence-corrected chi connectivity index (χ2v) is 8.73. The molecular formula is C20H38BaO7S. The predicted molar refractivity (Wildman–Crippen MR) is 114 cm³/mol. The molecule has 0 spiro atoms. The molecule has 0 saturated carbocycles. The van der Waals surface area contributed by atoms with Gasteiger partial charge in [-0.1, -0.05) is 78.1 Å². The Labute approximate surface area is 216 Å². The largest absolute Gasteiger partial charge is 0.466 e. The number of hydrogen-bond donors (Lipinski definition) is 1. The molecule has 0 bridgehead atoms. The van der Waals surface area contributed by atoms with E-state index in [-0.39, 0.29) is 62.1 Å². The third kappa shape index (κ3) is 18.9. The van der Waals surface area contributed by atoms with Crippen LogP contribution in [0.25, 0.3) is 0 Å². The summed E-state index contributed by atoms with van der Waals surface area (Å²) >= 11 is 0. The van der Waals surface area contributed by atoms with Gasteiger partial charge in [-0.3, -0.25) is 14.1 Å². The molecule has 0 rings (SSSR count). The maximum absolute atomic E-state index is 12.0. The van der Waals surface area contributed by atoms with Gasteiger partial charge in [-0.2, -0.15) is 8.42 Å². The van der Waals surface area contributed by atoms with Crippen molar-refractivity contribution in [2.75, 3.05) is 13.2 Å². The van der Waals surface area contributed by atoms with E-state index in [9.17, 15) is 22.6 Å². The van der Waals surface area contributed by atoms with Crippen LogP contribution in [-0.2, 0) is 29.2 Å². The van der Waals surface area contributed by atoms with Crippen LogP contribution < -0.4 is 0 Å². The van der Waals surface area contributed by atoms with Gasteiger partial charge in [0.15, 0.2) is 5.25 Å². The molecule has 9 heteroatoms. The molecule has 1 unspecified atom stereocenters. The standard InChI is InChI=1S/C20H38O7S.Ba/c1-3-5-7-9-11-13-15-26-19(21)17-18(28(23,24)25)20(22)27-16-14-12-10-8-6-4-2;/h18H,3-17H2,1-2H3,(H,23,24,25);. The summed E-state index contributed by atoms with van der Waals surface area (Å²) in [5.74, 6) is -1.93. The van der Waals surface area contributed by atoms with Crippen molar-refractivity contribution < 1.29 is 32.0 Å². The van der Waals surface area contributed by atoms with Gasteiger partial charge in [0.2, 0.25) is 0 Å². The zero-order valence-corrected chi connectivity index (χ0v) is 23.5. The normalized spacial score (nSPS) is 12.1. The molecule has 0 aliphatic carbocycles. The van der Waals surface area contributed by atoms with E-state index in [2.05, 4.69) is 13.8 Å². The van der Waals surface area contributed by atoms with Gasteiger partial charge in [0.1, 0.15) is 0 Å². The Bertz CT molecular complexity index is 523. The third-order valence-corrected chi connectivity index (χ3v) is 5.56. The monoisotopic (exact) mass is 560 g/mol. The van der Waals surface area contributed by atoms with E-state index in [1.54, 1.807) is 0 Å². The van der Waals surface area contributed by atoms with Gasteiger partial charge >= 0.3 is 11.9 Å². The molecule has 0 aromatic rings. The zero-order chi connectivity index (χ0) is 21.3. The molecule has 0 saturated heterocycles. The minimum atomic E-state index is -4.73. The Kier molecular flexibility index (Phi) is 22.2. The van der Waals surface area contributed by atoms with Crippen LogP contribution in [0.15, 0.2) is 0 Å². The van der Waals surface area contributed by atoms with Gasteiger partial charge in [-0.15, -0.1) is 0 Å². The molecule has 0 aliphatic rings. The summed E-state index contributed by atoms with van der Waals surface area (Å²) in [6.07, 6.45) is 11.3. The van der Waals surface area contributed by atoms with Crippen LogP contribution in [0.4, 0.5) is 0 Å². The Morgan fingerprint density at radius 3 is 1.62 bits per heavy atom. The smallest absolute Gasteiger partial charge is 0.327 e. The third-order valence-electron chi connectivity index (χ3n) is 4.48. The van der Waals surface area contributed by atoms with Crippen LogP contribution in [-0.4, -0.2) is 92.3 Å². The molecule has 0 fully saturated rings. The Morgan fingerprint density at radius 2 is 1.17 bits per heavy atom. The van der Waals surface area contributed by atoms with E-state index in [1.165, 1.54) is 6.42 Å². The zero-order valence-electron chi connectivity index (χ0n) is 18.2. The van der Waals surface area contributed by atoms with Crippen molar-refractivity contribution in [3.05, 3.63) is 0 Å². The van der Waals surface area contributed by atoms with Crippen LogP contribution in [0, 0.1) is 0 Å². The summed E-state index contributed by atoms with van der Waals surface area (Å²) in [4.78, 5) is 23.8. The number of unbranched alkanes of at least 4 members (excludes halogenated alkanes) is 10. The molecule has 0 aromatic heterocycles. The first kappa shape index (κ1) is 31.6. The molecule has 0 amide bonds. The Balaban J connectivity index is 0. The van der Waals surface area contributed by atoms with Gasteiger partial charge in [0, 0.05) is 48.9 Å². The molecule has 29 heavy (non-hydrogen) atoms. The molecule has 1 atom stereocenters. The van der Waals surface area contributed by atoms with Gasteiger partial charge in [-0.25, -0.2) is 0 Å². The fourth-order valence-corrected chi connectivity index (χ4v) is 3.39. The van der Waals surface area contributed by atoms with E-state index in [0.717, 1.165) is 57.8 Å². The predicted octanol–water partition coefficient (Wildman–Crippen LogP) is 4.06. The Hall–Kier alpha value is 0.421. The SMILES string of the molecule is CCCCCCCCOC(=O)CC(C(=O)OCCCCCCCC)S(=O)(=O)O.[Ba]. The molecule has 1 N–H and O–H groups in total. The van der Waals surface area contributed by atoms with E-state index in [1.807, 2.05) is 0 Å². The number of rotatable bonds is 18. The number of carbonyl (C=O) groups is 2. The second kappa shape index (κ2) is 20.3. The maximum atomic E-state index is 12.0. The van der Waals surface area contributed by atoms with Gasteiger partial charge < -0.3 is 9.47 Å². The summed E-state index contributed by atoms with van der Waals surface area (Å²) < 4.78 is 42.0. The average molecular weight is 560 g/mol. The minimum Gasteiger partial charge on any atom is -0.466 e. The maximum Gasteiger partial charge on any atom is 0.327 e. The average Bonchev–Trinajstić information content (AvgIpc) is 2.63. The molecule has 2 radical (unpaired) electrons. The van der Waals surface area contributed by atoms with Crippen molar-refractivity contribution in [2.24, 2.45) is 0 Å². The van der Waals surface area contributed by atoms with Gasteiger partial charge in [0.25, 0.3) is 10.1 Å². The summed E-state index contributed by atoms with van der Waals surface area (Å²) in [6.45, 7) is 4.50. The second-order valence-electron chi connectivity index (χ2n) is 7.13. The molecule has 0 heterocycles. The number of carbonyl (C=O) groups excluding carboxylic acids is 2. The molecule has 7 nitrogen and oxygen atoms in total. The van der Waals surface area contributed by atoms with Crippen LogP contribution in [0.3, 0.4) is 0 Å². The quantitative estimate of drug-likeness (QED) is 0.117. The molecule has 0 aromatic carbocycles. The topological polar surface area (TPSA) is 107 Å². The Morgan fingerprint density at radius 1 is 0.759 bits per heavy atom. The van der Waals surface area contributed by atoms with Crippen molar-refractivity contribution in [3.8, 4) is 0 Å². The number of esters is 2. The number of ether oxygens (including phenoxy) is 2. The molecule has 168 valence electrons. The summed E-state index contributed by atoms with van der Waals surface area (Å²) in [7, 11) is -4.73. The van der Waals surface area contributed by atoms with Crippen molar-refractivity contribution in [1.29, 1.82) is 0 Å². The summed E-state index contributed by atoms with van der Waals surface area (Å²) in [5, 5.41) is -1.93. The van der Waals surface area contributed by atoms with Crippen molar-refractivity contribution in [2.45, 2.75) is 103 Å². The van der Waals surface area contributed by atoms with Crippen LogP contribution >= 0.6 is 0 Å². The first-order valence-electron chi connectivity index (χ1n) is 10.6. The van der Waals surface area contributed by atoms with Gasteiger partial charge in [0.05, 0.1) is 19.6 Å². The number of hydrogen-bond acceptors (Lipinski definition) is 6. The van der Waals surface area contributed by atoms with E-state index < -0.39 is 33.7 Å².